The van der Waals surface area contributed by atoms with Gasteiger partial charge in [0.1, 0.15) is 11.3 Å². The van der Waals surface area contributed by atoms with Crippen LogP contribution in [-0.2, 0) is 9.53 Å². The van der Waals surface area contributed by atoms with Gasteiger partial charge in [0.2, 0.25) is 5.91 Å². The Morgan fingerprint density at radius 1 is 0.892 bits per heavy atom. The molecular weight excluding hydrogens is 464 g/mol. The van der Waals surface area contributed by atoms with Crippen molar-refractivity contribution in [2.24, 2.45) is 0 Å². The van der Waals surface area contributed by atoms with Gasteiger partial charge in [0, 0.05) is 47.7 Å². The number of nitrogens with one attached hydrogen (secondary N) is 1. The number of aromatic nitrogens is 2. The van der Waals surface area contributed by atoms with Crippen LogP contribution >= 0.6 is 0 Å². The third-order valence-electron chi connectivity index (χ3n) is 6.35. The number of anilines is 2. The van der Waals surface area contributed by atoms with E-state index in [4.69, 9.17) is 14.3 Å². The van der Waals surface area contributed by atoms with Crippen molar-refractivity contribution < 1.29 is 13.9 Å². The first-order chi connectivity index (χ1) is 18.2. The molecule has 3 aromatic carbocycles. The number of amides is 1. The molecule has 1 N–H and O–H groups in total. The molecule has 1 aliphatic rings. The van der Waals surface area contributed by atoms with Crippen molar-refractivity contribution in [3.8, 4) is 17.1 Å². The van der Waals surface area contributed by atoms with Crippen molar-refractivity contribution in [2.45, 2.75) is 0 Å². The fraction of sp³-hybridized carbons (Fsp3) is 0.133. The fourth-order valence-corrected chi connectivity index (χ4v) is 4.44. The average Bonchev–Trinajstić information content (AvgIpc) is 3.58. The van der Waals surface area contributed by atoms with E-state index < -0.39 is 0 Å². The highest BCUT2D eigenvalue weighted by Gasteiger charge is 2.16. The first kappa shape index (κ1) is 22.8. The van der Waals surface area contributed by atoms with Gasteiger partial charge in [0.05, 0.1) is 18.9 Å². The molecule has 1 amide bonds. The van der Waals surface area contributed by atoms with Gasteiger partial charge >= 0.3 is 0 Å². The molecule has 37 heavy (non-hydrogen) atoms. The zero-order valence-electron chi connectivity index (χ0n) is 20.2. The number of rotatable bonds is 6. The molecule has 1 aliphatic heterocycles. The number of hydrogen-bond acceptors (Lipinski definition) is 5. The van der Waals surface area contributed by atoms with Crippen molar-refractivity contribution in [3.05, 3.63) is 103 Å². The van der Waals surface area contributed by atoms with E-state index in [1.807, 2.05) is 91.1 Å². The lowest BCUT2D eigenvalue weighted by Crippen LogP contribution is -2.36. The largest absolute Gasteiger partial charge is 0.454 e. The summed E-state index contributed by atoms with van der Waals surface area (Å²) < 4.78 is 13.3. The maximum atomic E-state index is 12.8. The van der Waals surface area contributed by atoms with E-state index in [1.165, 1.54) is 6.08 Å². The highest BCUT2D eigenvalue weighted by Crippen LogP contribution is 2.30. The van der Waals surface area contributed by atoms with Gasteiger partial charge in [-0.3, -0.25) is 4.79 Å². The van der Waals surface area contributed by atoms with Crippen LogP contribution in [0.15, 0.2) is 102 Å². The normalized spacial score (nSPS) is 13.9. The SMILES string of the molecule is O=C(C=Cc1cn(-c2ccccc2)nc1-c1cc2ccccc2o1)Nc1ccc(N2CCOCC2)cc1. The van der Waals surface area contributed by atoms with E-state index in [0.717, 1.165) is 59.9 Å². The van der Waals surface area contributed by atoms with Crippen LogP contribution in [0.1, 0.15) is 5.56 Å². The number of hydrogen-bond donors (Lipinski definition) is 1. The monoisotopic (exact) mass is 490 g/mol. The smallest absolute Gasteiger partial charge is 0.248 e. The predicted molar refractivity (Wildman–Crippen MR) is 146 cm³/mol. The van der Waals surface area contributed by atoms with Crippen LogP contribution in [0.5, 0.6) is 0 Å². The van der Waals surface area contributed by atoms with Gasteiger partial charge in [-0.1, -0.05) is 36.4 Å². The van der Waals surface area contributed by atoms with Crippen LogP contribution in [0.2, 0.25) is 0 Å². The van der Waals surface area contributed by atoms with E-state index in [2.05, 4.69) is 10.2 Å². The number of ether oxygens (including phenoxy) is 1. The Morgan fingerprint density at radius 3 is 2.43 bits per heavy atom. The fourth-order valence-electron chi connectivity index (χ4n) is 4.44. The summed E-state index contributed by atoms with van der Waals surface area (Å²) in [6.07, 6.45) is 5.19. The molecule has 0 spiro atoms. The molecule has 0 atom stereocenters. The molecule has 0 unspecified atom stereocenters. The Balaban J connectivity index is 1.24. The number of carbonyl (C=O) groups is 1. The highest BCUT2D eigenvalue weighted by atomic mass is 16.5. The van der Waals surface area contributed by atoms with Crippen LogP contribution in [0.3, 0.4) is 0 Å². The van der Waals surface area contributed by atoms with E-state index in [0.29, 0.717) is 11.5 Å². The summed E-state index contributed by atoms with van der Waals surface area (Å²) in [6, 6.07) is 27.6. The van der Waals surface area contributed by atoms with Crippen molar-refractivity contribution in [1.29, 1.82) is 0 Å². The van der Waals surface area contributed by atoms with Crippen molar-refractivity contribution in [3.63, 3.8) is 0 Å². The van der Waals surface area contributed by atoms with Gasteiger partial charge in [0.25, 0.3) is 0 Å². The van der Waals surface area contributed by atoms with Gasteiger partial charge in [-0.2, -0.15) is 5.10 Å². The van der Waals surface area contributed by atoms with Crippen LogP contribution in [-0.4, -0.2) is 42.0 Å². The van der Waals surface area contributed by atoms with Crippen LogP contribution in [0, 0.1) is 0 Å². The van der Waals surface area contributed by atoms with Gasteiger partial charge < -0.3 is 19.4 Å². The molecule has 0 saturated carbocycles. The second kappa shape index (κ2) is 10.2. The molecule has 0 bridgehead atoms. The van der Waals surface area contributed by atoms with Gasteiger partial charge in [-0.05, 0) is 54.6 Å². The van der Waals surface area contributed by atoms with E-state index in [-0.39, 0.29) is 5.91 Å². The van der Waals surface area contributed by atoms with Crippen LogP contribution in [0.25, 0.3) is 34.2 Å². The summed E-state index contributed by atoms with van der Waals surface area (Å²) in [5.74, 6) is 0.428. The van der Waals surface area contributed by atoms with Crippen molar-refractivity contribution >= 4 is 34.3 Å². The minimum absolute atomic E-state index is 0.220. The molecule has 0 radical (unpaired) electrons. The Labute approximate surface area is 214 Å². The Bertz CT molecular complexity index is 1510. The number of benzene rings is 3. The third kappa shape index (κ3) is 5.03. The standard InChI is InChI=1S/C30H26N4O3/c35-29(31-24-11-13-25(14-12-24)33-16-18-36-19-17-33)15-10-23-21-34(26-7-2-1-3-8-26)32-30(23)28-20-22-6-4-5-9-27(22)37-28/h1-15,20-21H,16-19H2,(H,31,35). The summed E-state index contributed by atoms with van der Waals surface area (Å²) in [5, 5.41) is 8.73. The van der Waals surface area contributed by atoms with Crippen molar-refractivity contribution in [1.82, 2.24) is 9.78 Å². The molecule has 2 aromatic heterocycles. The van der Waals surface area contributed by atoms with E-state index in [9.17, 15) is 4.79 Å². The molecule has 1 fully saturated rings. The van der Waals surface area contributed by atoms with E-state index in [1.54, 1.807) is 10.8 Å². The number of carbonyl (C=O) groups excluding carboxylic acids is 1. The molecule has 7 nitrogen and oxygen atoms in total. The maximum absolute atomic E-state index is 12.8. The minimum Gasteiger partial charge on any atom is -0.454 e. The topological polar surface area (TPSA) is 72.5 Å². The number of furan rings is 1. The zero-order chi connectivity index (χ0) is 25.0. The molecular formula is C30H26N4O3. The quantitative estimate of drug-likeness (QED) is 0.306. The predicted octanol–water partition coefficient (Wildman–Crippen LogP) is 5.77. The lowest BCUT2D eigenvalue weighted by molar-refractivity contribution is -0.111. The second-order valence-corrected chi connectivity index (χ2v) is 8.83. The molecule has 0 aliphatic carbocycles. The summed E-state index contributed by atoms with van der Waals surface area (Å²) in [4.78, 5) is 15.0. The molecule has 5 aromatic rings. The Hall–Kier alpha value is -4.62. The number of nitrogens with zero attached hydrogens (tertiary/aromatic N) is 3. The molecule has 6 rings (SSSR count). The maximum Gasteiger partial charge on any atom is 0.248 e. The van der Waals surface area contributed by atoms with Gasteiger partial charge in [-0.25, -0.2) is 4.68 Å². The van der Waals surface area contributed by atoms with Gasteiger partial charge in [0.15, 0.2) is 5.76 Å². The first-order valence-corrected chi connectivity index (χ1v) is 12.3. The Morgan fingerprint density at radius 2 is 1.65 bits per heavy atom. The average molecular weight is 491 g/mol. The lowest BCUT2D eigenvalue weighted by Gasteiger charge is -2.28. The second-order valence-electron chi connectivity index (χ2n) is 8.83. The van der Waals surface area contributed by atoms with Crippen molar-refractivity contribution in [2.75, 3.05) is 36.5 Å². The summed E-state index contributed by atoms with van der Waals surface area (Å²) in [6.45, 7) is 3.22. The van der Waals surface area contributed by atoms with E-state index >= 15 is 0 Å². The first-order valence-electron chi connectivity index (χ1n) is 12.3. The summed E-state index contributed by atoms with van der Waals surface area (Å²) >= 11 is 0. The minimum atomic E-state index is -0.220. The molecule has 7 heteroatoms. The number of para-hydroxylation sites is 2. The number of morpholine rings is 1. The van der Waals surface area contributed by atoms with Crippen LogP contribution < -0.4 is 10.2 Å². The molecule has 1 saturated heterocycles. The third-order valence-corrected chi connectivity index (χ3v) is 6.35. The zero-order valence-corrected chi connectivity index (χ0v) is 20.2. The highest BCUT2D eigenvalue weighted by molar-refractivity contribution is 6.02. The molecule has 3 heterocycles. The summed E-state index contributed by atoms with van der Waals surface area (Å²) in [5.41, 5.74) is 5.02. The lowest BCUT2D eigenvalue weighted by atomic mass is 10.1. The summed E-state index contributed by atoms with van der Waals surface area (Å²) in [7, 11) is 0. The Kier molecular flexibility index (Phi) is 6.27. The molecule has 184 valence electrons. The number of fused-ring (bicyclic) bond motifs is 1. The van der Waals surface area contributed by atoms with Gasteiger partial charge in [-0.15, -0.1) is 0 Å². The van der Waals surface area contributed by atoms with Crippen LogP contribution in [0.4, 0.5) is 11.4 Å².